The van der Waals surface area contributed by atoms with E-state index in [2.05, 4.69) is 64.3 Å². The molecule has 4 nitrogen and oxygen atoms in total. The van der Waals surface area contributed by atoms with Gasteiger partial charge in [0.2, 0.25) is 11.7 Å². The molecule has 1 saturated heterocycles. The first-order chi connectivity index (χ1) is 10.1. The van der Waals surface area contributed by atoms with Crippen LogP contribution in [0.1, 0.15) is 36.8 Å². The molecule has 0 radical (unpaired) electrons. The van der Waals surface area contributed by atoms with Crippen molar-refractivity contribution in [3.8, 4) is 11.4 Å². The summed E-state index contributed by atoms with van der Waals surface area (Å²) >= 11 is 3.59. The van der Waals surface area contributed by atoms with Crippen molar-refractivity contribution >= 4 is 15.9 Å². The Morgan fingerprint density at radius 3 is 2.62 bits per heavy atom. The molecule has 0 bridgehead atoms. The SMILES string of the molecule is CCC1(c2nc(-c3cc(C)c(Br)c(C)c3)no2)CCNC1. The maximum absolute atomic E-state index is 5.59. The third kappa shape index (κ3) is 2.53. The quantitative estimate of drug-likeness (QED) is 0.916. The molecule has 1 fully saturated rings. The lowest BCUT2D eigenvalue weighted by atomic mass is 9.84. The average molecular weight is 350 g/mol. The topological polar surface area (TPSA) is 51.0 Å². The van der Waals surface area contributed by atoms with Gasteiger partial charge < -0.3 is 9.84 Å². The van der Waals surface area contributed by atoms with Crippen molar-refractivity contribution in [2.75, 3.05) is 13.1 Å². The highest BCUT2D eigenvalue weighted by atomic mass is 79.9. The molecule has 112 valence electrons. The smallest absolute Gasteiger partial charge is 0.234 e. The second-order valence-corrected chi connectivity index (χ2v) is 6.70. The summed E-state index contributed by atoms with van der Waals surface area (Å²) in [6, 6.07) is 4.19. The molecule has 0 spiro atoms. The summed E-state index contributed by atoms with van der Waals surface area (Å²) in [7, 11) is 0. The molecule has 1 unspecified atom stereocenters. The Bertz CT molecular complexity index is 636. The van der Waals surface area contributed by atoms with E-state index in [0.717, 1.165) is 41.9 Å². The monoisotopic (exact) mass is 349 g/mol. The Balaban J connectivity index is 1.99. The molecule has 21 heavy (non-hydrogen) atoms. The van der Waals surface area contributed by atoms with E-state index in [9.17, 15) is 0 Å². The van der Waals surface area contributed by atoms with Crippen LogP contribution in [0.3, 0.4) is 0 Å². The minimum absolute atomic E-state index is 0.00467. The molecule has 1 atom stereocenters. The van der Waals surface area contributed by atoms with Crippen molar-refractivity contribution in [2.24, 2.45) is 0 Å². The molecular formula is C16H20BrN3O. The predicted octanol–water partition coefficient (Wildman–Crippen LogP) is 3.76. The van der Waals surface area contributed by atoms with E-state index in [0.29, 0.717) is 5.82 Å². The molecule has 0 saturated carbocycles. The van der Waals surface area contributed by atoms with E-state index in [-0.39, 0.29) is 5.41 Å². The van der Waals surface area contributed by atoms with E-state index in [1.54, 1.807) is 0 Å². The first kappa shape index (κ1) is 14.7. The zero-order valence-electron chi connectivity index (χ0n) is 12.7. The van der Waals surface area contributed by atoms with Crippen LogP contribution in [0.4, 0.5) is 0 Å². The van der Waals surface area contributed by atoms with Crippen molar-refractivity contribution in [2.45, 2.75) is 39.0 Å². The number of hydrogen-bond acceptors (Lipinski definition) is 4. The van der Waals surface area contributed by atoms with Crippen LogP contribution in [0, 0.1) is 13.8 Å². The van der Waals surface area contributed by atoms with E-state index >= 15 is 0 Å². The Hall–Kier alpha value is -1.20. The number of hydrogen-bond donors (Lipinski definition) is 1. The molecule has 1 aromatic carbocycles. The van der Waals surface area contributed by atoms with Crippen LogP contribution in [0.5, 0.6) is 0 Å². The van der Waals surface area contributed by atoms with Gasteiger partial charge in [0.25, 0.3) is 0 Å². The maximum Gasteiger partial charge on any atom is 0.234 e. The molecule has 5 heteroatoms. The lowest BCUT2D eigenvalue weighted by Gasteiger charge is -2.20. The van der Waals surface area contributed by atoms with E-state index in [1.165, 1.54) is 11.1 Å². The van der Waals surface area contributed by atoms with E-state index in [1.807, 2.05) is 0 Å². The average Bonchev–Trinajstić information content (AvgIpc) is 3.13. The van der Waals surface area contributed by atoms with Gasteiger partial charge in [0, 0.05) is 16.6 Å². The number of halogens is 1. The number of aromatic nitrogens is 2. The Morgan fingerprint density at radius 1 is 1.33 bits per heavy atom. The zero-order chi connectivity index (χ0) is 15.0. The molecular weight excluding hydrogens is 330 g/mol. The van der Waals surface area contributed by atoms with E-state index in [4.69, 9.17) is 4.52 Å². The fraction of sp³-hybridized carbons (Fsp3) is 0.500. The summed E-state index contributed by atoms with van der Waals surface area (Å²) in [6.45, 7) is 8.28. The second kappa shape index (κ2) is 5.54. The van der Waals surface area contributed by atoms with Gasteiger partial charge in [-0.2, -0.15) is 4.98 Å². The molecule has 3 rings (SSSR count). The van der Waals surface area contributed by atoms with Crippen molar-refractivity contribution in [1.29, 1.82) is 0 Å². The molecule has 2 heterocycles. The number of rotatable bonds is 3. The third-order valence-corrected chi connectivity index (χ3v) is 5.75. The minimum atomic E-state index is 0.00467. The number of nitrogens with one attached hydrogen (secondary N) is 1. The van der Waals surface area contributed by atoms with Crippen molar-refractivity contribution in [3.05, 3.63) is 33.6 Å². The number of nitrogens with zero attached hydrogens (tertiary/aromatic N) is 2. The van der Waals surface area contributed by atoms with Gasteiger partial charge in [-0.25, -0.2) is 0 Å². The Morgan fingerprint density at radius 2 is 2.05 bits per heavy atom. The highest BCUT2D eigenvalue weighted by Crippen LogP contribution is 2.34. The summed E-state index contributed by atoms with van der Waals surface area (Å²) in [5, 5.41) is 7.61. The van der Waals surface area contributed by atoms with Gasteiger partial charge in [-0.05, 0) is 56.5 Å². The molecule has 1 aliphatic rings. The minimum Gasteiger partial charge on any atom is -0.338 e. The Labute approximate surface area is 133 Å². The summed E-state index contributed by atoms with van der Waals surface area (Å²) in [6.07, 6.45) is 2.07. The first-order valence-electron chi connectivity index (χ1n) is 7.38. The van der Waals surface area contributed by atoms with Crippen molar-refractivity contribution in [1.82, 2.24) is 15.5 Å². The van der Waals surface area contributed by atoms with Gasteiger partial charge in [0.1, 0.15) is 0 Å². The normalized spacial score (nSPS) is 21.9. The van der Waals surface area contributed by atoms with Crippen molar-refractivity contribution < 1.29 is 4.52 Å². The summed E-state index contributed by atoms with van der Waals surface area (Å²) in [5.41, 5.74) is 3.39. The lowest BCUT2D eigenvalue weighted by molar-refractivity contribution is 0.285. The molecule has 1 aromatic heterocycles. The number of aryl methyl sites for hydroxylation is 2. The summed E-state index contributed by atoms with van der Waals surface area (Å²) < 4.78 is 6.73. The molecule has 0 amide bonds. The van der Waals surface area contributed by atoms with Crippen LogP contribution in [0.2, 0.25) is 0 Å². The summed E-state index contributed by atoms with van der Waals surface area (Å²) in [4.78, 5) is 4.68. The van der Waals surface area contributed by atoms with Crippen LogP contribution in [-0.4, -0.2) is 23.2 Å². The van der Waals surface area contributed by atoms with Gasteiger partial charge in [-0.3, -0.25) is 0 Å². The maximum atomic E-state index is 5.59. The highest BCUT2D eigenvalue weighted by Gasteiger charge is 2.39. The molecule has 2 aromatic rings. The van der Waals surface area contributed by atoms with Crippen LogP contribution >= 0.6 is 15.9 Å². The van der Waals surface area contributed by atoms with Crippen LogP contribution in [-0.2, 0) is 5.41 Å². The molecule has 0 aliphatic carbocycles. The largest absolute Gasteiger partial charge is 0.338 e. The summed E-state index contributed by atoms with van der Waals surface area (Å²) in [5.74, 6) is 1.45. The second-order valence-electron chi connectivity index (χ2n) is 5.91. The third-order valence-electron chi connectivity index (χ3n) is 4.49. The van der Waals surface area contributed by atoms with Crippen LogP contribution < -0.4 is 5.32 Å². The van der Waals surface area contributed by atoms with Gasteiger partial charge in [0.15, 0.2) is 0 Å². The van der Waals surface area contributed by atoms with Crippen molar-refractivity contribution in [3.63, 3.8) is 0 Å². The fourth-order valence-electron chi connectivity index (χ4n) is 3.01. The van der Waals surface area contributed by atoms with Gasteiger partial charge in [-0.1, -0.05) is 28.0 Å². The number of benzene rings is 1. The van der Waals surface area contributed by atoms with Gasteiger partial charge in [-0.15, -0.1) is 0 Å². The molecule has 1 N–H and O–H groups in total. The standard InChI is InChI=1S/C16H20BrN3O/c1-4-16(5-6-18-9-16)15-19-14(20-21-15)12-7-10(2)13(17)11(3)8-12/h7-8,18H,4-6,9H2,1-3H3. The van der Waals surface area contributed by atoms with Crippen LogP contribution in [0.15, 0.2) is 21.1 Å². The van der Waals surface area contributed by atoms with Gasteiger partial charge >= 0.3 is 0 Å². The van der Waals surface area contributed by atoms with Crippen LogP contribution in [0.25, 0.3) is 11.4 Å². The Kier molecular flexibility index (Phi) is 3.88. The first-order valence-corrected chi connectivity index (χ1v) is 8.17. The fourth-order valence-corrected chi connectivity index (χ4v) is 3.24. The zero-order valence-corrected chi connectivity index (χ0v) is 14.2. The van der Waals surface area contributed by atoms with E-state index < -0.39 is 0 Å². The lowest BCUT2D eigenvalue weighted by Crippen LogP contribution is -2.28. The predicted molar refractivity (Wildman–Crippen MR) is 86.4 cm³/mol. The highest BCUT2D eigenvalue weighted by molar-refractivity contribution is 9.10. The molecule has 1 aliphatic heterocycles. The van der Waals surface area contributed by atoms with Gasteiger partial charge in [0.05, 0.1) is 5.41 Å².